The van der Waals surface area contributed by atoms with Gasteiger partial charge in [0, 0.05) is 11.6 Å². The summed E-state index contributed by atoms with van der Waals surface area (Å²) in [5.74, 6) is -2.34. The van der Waals surface area contributed by atoms with Gasteiger partial charge in [0.25, 0.3) is 0 Å². The van der Waals surface area contributed by atoms with E-state index < -0.39 is 11.9 Å². The van der Waals surface area contributed by atoms with E-state index in [1.54, 1.807) is 0 Å². The second-order valence-corrected chi connectivity index (χ2v) is 3.58. The van der Waals surface area contributed by atoms with Gasteiger partial charge in [0.1, 0.15) is 0 Å². The number of rotatable bonds is 3. The molecule has 1 saturated carbocycles. The normalized spacial score (nSPS) is 19.3. The fourth-order valence-electron chi connectivity index (χ4n) is 1.90. The first-order valence-electron chi connectivity index (χ1n) is 4.79. The molecule has 0 unspecified atom stereocenters. The number of carboxylic acid groups (broad SMARTS) is 2. The van der Waals surface area contributed by atoms with Gasteiger partial charge < -0.3 is 10.2 Å². The van der Waals surface area contributed by atoms with Gasteiger partial charge in [-0.25, -0.2) is 9.59 Å². The van der Waals surface area contributed by atoms with Crippen molar-refractivity contribution in [3.8, 4) is 0 Å². The summed E-state index contributed by atoms with van der Waals surface area (Å²) in [7, 11) is 0. The Kier molecular flexibility index (Phi) is 3.68. The summed E-state index contributed by atoms with van der Waals surface area (Å²) in [4.78, 5) is 21.2. The molecular formula is C10H14O4. The summed E-state index contributed by atoms with van der Waals surface area (Å²) in [6.07, 6.45) is 5.54. The molecule has 14 heavy (non-hydrogen) atoms. The zero-order valence-electron chi connectivity index (χ0n) is 7.90. The van der Waals surface area contributed by atoms with Crippen LogP contribution in [0.15, 0.2) is 11.6 Å². The van der Waals surface area contributed by atoms with E-state index in [1.165, 1.54) is 0 Å². The van der Waals surface area contributed by atoms with Crippen molar-refractivity contribution in [1.29, 1.82) is 0 Å². The Bertz CT molecular complexity index is 261. The van der Waals surface area contributed by atoms with Crippen molar-refractivity contribution in [2.75, 3.05) is 0 Å². The van der Waals surface area contributed by atoms with Gasteiger partial charge in [0.15, 0.2) is 0 Å². The van der Waals surface area contributed by atoms with Crippen LogP contribution in [0.4, 0.5) is 0 Å². The standard InChI is InChI=1S/C10H14O4/c11-9(12)6-8(10(13)14)7-4-2-1-3-5-7/h6-7H,1-5H2,(H,11,12)(H,13,14). The number of hydrogen-bond donors (Lipinski definition) is 2. The van der Waals surface area contributed by atoms with Gasteiger partial charge in [0.2, 0.25) is 0 Å². The van der Waals surface area contributed by atoms with Crippen molar-refractivity contribution in [3.05, 3.63) is 11.6 Å². The first-order chi connectivity index (χ1) is 6.61. The van der Waals surface area contributed by atoms with E-state index in [2.05, 4.69) is 0 Å². The molecule has 0 radical (unpaired) electrons. The van der Waals surface area contributed by atoms with Crippen LogP contribution in [0.3, 0.4) is 0 Å². The fraction of sp³-hybridized carbons (Fsp3) is 0.600. The van der Waals surface area contributed by atoms with Crippen molar-refractivity contribution in [3.63, 3.8) is 0 Å². The first kappa shape index (κ1) is 10.8. The van der Waals surface area contributed by atoms with Crippen LogP contribution in [0, 0.1) is 5.92 Å². The van der Waals surface area contributed by atoms with E-state index in [9.17, 15) is 9.59 Å². The molecule has 0 bridgehead atoms. The van der Waals surface area contributed by atoms with E-state index in [-0.39, 0.29) is 11.5 Å². The maximum Gasteiger partial charge on any atom is 0.332 e. The Labute approximate surface area is 82.2 Å². The summed E-state index contributed by atoms with van der Waals surface area (Å²) in [5, 5.41) is 17.4. The van der Waals surface area contributed by atoms with Gasteiger partial charge in [-0.3, -0.25) is 0 Å². The van der Waals surface area contributed by atoms with Crippen molar-refractivity contribution in [1.82, 2.24) is 0 Å². The SMILES string of the molecule is O=C(O)C=C(C(=O)O)C1CCCCC1. The Balaban J connectivity index is 2.76. The highest BCUT2D eigenvalue weighted by molar-refractivity contribution is 5.95. The van der Waals surface area contributed by atoms with Crippen molar-refractivity contribution >= 4 is 11.9 Å². The summed E-state index contributed by atoms with van der Waals surface area (Å²) in [6.45, 7) is 0. The smallest absolute Gasteiger partial charge is 0.332 e. The number of hydrogen-bond acceptors (Lipinski definition) is 2. The third-order valence-corrected chi connectivity index (χ3v) is 2.57. The minimum Gasteiger partial charge on any atom is -0.478 e. The molecule has 0 atom stereocenters. The highest BCUT2D eigenvalue weighted by Gasteiger charge is 2.23. The molecule has 0 aromatic heterocycles. The van der Waals surface area contributed by atoms with Crippen LogP contribution in [0.25, 0.3) is 0 Å². The molecule has 1 aliphatic carbocycles. The zero-order chi connectivity index (χ0) is 10.6. The van der Waals surface area contributed by atoms with E-state index in [4.69, 9.17) is 10.2 Å². The van der Waals surface area contributed by atoms with Crippen LogP contribution in [0.1, 0.15) is 32.1 Å². The third kappa shape index (κ3) is 2.87. The molecule has 0 heterocycles. The minimum atomic E-state index is -1.17. The monoisotopic (exact) mass is 198 g/mol. The molecule has 78 valence electrons. The molecular weight excluding hydrogens is 184 g/mol. The second-order valence-electron chi connectivity index (χ2n) is 3.58. The lowest BCUT2D eigenvalue weighted by molar-refractivity contribution is -0.135. The lowest BCUT2D eigenvalue weighted by atomic mass is 9.83. The van der Waals surface area contributed by atoms with Gasteiger partial charge in [-0.2, -0.15) is 0 Å². The first-order valence-corrected chi connectivity index (χ1v) is 4.79. The molecule has 4 nitrogen and oxygen atoms in total. The minimum absolute atomic E-state index is 0.0530. The van der Waals surface area contributed by atoms with Gasteiger partial charge in [-0.15, -0.1) is 0 Å². The van der Waals surface area contributed by atoms with Crippen LogP contribution in [0.2, 0.25) is 0 Å². The number of aliphatic carboxylic acids is 2. The predicted octanol–water partition coefficient (Wildman–Crippen LogP) is 1.66. The molecule has 4 heteroatoms. The summed E-state index contributed by atoms with van der Waals surface area (Å²) >= 11 is 0. The van der Waals surface area contributed by atoms with Crippen LogP contribution in [-0.2, 0) is 9.59 Å². The largest absolute Gasteiger partial charge is 0.478 e. The van der Waals surface area contributed by atoms with Crippen molar-refractivity contribution in [2.45, 2.75) is 32.1 Å². The Hall–Kier alpha value is -1.32. The lowest BCUT2D eigenvalue weighted by Gasteiger charge is -2.21. The zero-order valence-corrected chi connectivity index (χ0v) is 7.90. The average Bonchev–Trinajstić information content (AvgIpc) is 2.15. The lowest BCUT2D eigenvalue weighted by Crippen LogP contribution is -2.17. The van der Waals surface area contributed by atoms with Crippen molar-refractivity contribution in [2.24, 2.45) is 5.92 Å². The molecule has 0 aromatic carbocycles. The molecule has 1 rings (SSSR count). The van der Waals surface area contributed by atoms with E-state index in [0.717, 1.165) is 38.2 Å². The van der Waals surface area contributed by atoms with Crippen molar-refractivity contribution < 1.29 is 19.8 Å². The average molecular weight is 198 g/mol. The molecule has 0 saturated heterocycles. The highest BCUT2D eigenvalue weighted by atomic mass is 16.4. The van der Waals surface area contributed by atoms with Gasteiger partial charge in [-0.1, -0.05) is 19.3 Å². The third-order valence-electron chi connectivity index (χ3n) is 2.57. The van der Waals surface area contributed by atoms with Gasteiger partial charge >= 0.3 is 11.9 Å². The van der Waals surface area contributed by atoms with Gasteiger partial charge in [0.05, 0.1) is 0 Å². The summed E-state index contributed by atoms with van der Waals surface area (Å²) in [5.41, 5.74) is 0.0530. The Morgan fingerprint density at radius 3 is 2.07 bits per heavy atom. The molecule has 0 aliphatic heterocycles. The maximum atomic E-state index is 10.8. The Morgan fingerprint density at radius 1 is 1.07 bits per heavy atom. The quantitative estimate of drug-likeness (QED) is 0.676. The topological polar surface area (TPSA) is 74.6 Å². The van der Waals surface area contributed by atoms with Gasteiger partial charge in [-0.05, 0) is 18.8 Å². The maximum absolute atomic E-state index is 10.8. The van der Waals surface area contributed by atoms with E-state index in [0.29, 0.717) is 0 Å². The molecule has 1 aliphatic rings. The highest BCUT2D eigenvalue weighted by Crippen LogP contribution is 2.29. The predicted molar refractivity (Wildman–Crippen MR) is 49.9 cm³/mol. The molecule has 0 aromatic rings. The molecule has 0 spiro atoms. The van der Waals surface area contributed by atoms with Crippen LogP contribution in [0.5, 0.6) is 0 Å². The van der Waals surface area contributed by atoms with Crippen LogP contribution in [-0.4, -0.2) is 22.2 Å². The molecule has 1 fully saturated rings. The number of carboxylic acids is 2. The van der Waals surface area contributed by atoms with Crippen LogP contribution < -0.4 is 0 Å². The van der Waals surface area contributed by atoms with E-state index >= 15 is 0 Å². The molecule has 2 N–H and O–H groups in total. The van der Waals surface area contributed by atoms with E-state index in [1.807, 2.05) is 0 Å². The second kappa shape index (κ2) is 4.79. The molecule has 0 amide bonds. The fourth-order valence-corrected chi connectivity index (χ4v) is 1.90. The Morgan fingerprint density at radius 2 is 1.64 bits per heavy atom. The number of carbonyl (C=O) groups is 2. The summed E-state index contributed by atoms with van der Waals surface area (Å²) < 4.78 is 0. The van der Waals surface area contributed by atoms with Crippen LogP contribution >= 0.6 is 0 Å². The summed E-state index contributed by atoms with van der Waals surface area (Å²) in [6, 6.07) is 0.